The summed E-state index contributed by atoms with van der Waals surface area (Å²) in [4.78, 5) is 11.1. The van der Waals surface area contributed by atoms with Crippen LogP contribution >= 0.6 is 11.6 Å². The second kappa shape index (κ2) is 4.06. The Labute approximate surface area is 89.2 Å². The van der Waals surface area contributed by atoms with Crippen molar-refractivity contribution in [2.75, 3.05) is 0 Å². The molecule has 5 heteroatoms. The third-order valence-electron chi connectivity index (χ3n) is 1.74. The average Bonchev–Trinajstić information content (AvgIpc) is 2.15. The highest BCUT2D eigenvalue weighted by molar-refractivity contribution is 6.30. The normalized spacial score (nSPS) is 11.2. The summed E-state index contributed by atoms with van der Waals surface area (Å²) >= 11 is 5.43. The monoisotopic (exact) mass is 234 g/mol. The van der Waals surface area contributed by atoms with E-state index in [9.17, 15) is 18.0 Å². The zero-order valence-corrected chi connectivity index (χ0v) is 8.19. The lowest BCUT2D eigenvalue weighted by Crippen LogP contribution is -2.11. The summed E-state index contributed by atoms with van der Waals surface area (Å²) in [6.07, 6.45) is -3.77. The van der Waals surface area contributed by atoms with Crippen molar-refractivity contribution in [3.05, 3.63) is 47.0 Å². The molecule has 0 radical (unpaired) electrons. The lowest BCUT2D eigenvalue weighted by molar-refractivity contribution is -0.137. The Bertz CT molecular complexity index is 410. The van der Waals surface area contributed by atoms with E-state index >= 15 is 0 Å². The fourth-order valence-electron chi connectivity index (χ4n) is 1.08. The summed E-state index contributed by atoms with van der Waals surface area (Å²) < 4.78 is 37.4. The third-order valence-corrected chi connectivity index (χ3v) is 1.97. The number of halogens is 4. The van der Waals surface area contributed by atoms with Gasteiger partial charge in [0.2, 0.25) is 0 Å². The molecule has 1 rings (SSSR count). The summed E-state index contributed by atoms with van der Waals surface area (Å²) in [5, 5.41) is -0.0667. The van der Waals surface area contributed by atoms with Crippen molar-refractivity contribution in [3.8, 4) is 0 Å². The number of benzene rings is 1. The minimum absolute atomic E-state index is 0.0667. The first kappa shape index (κ1) is 11.8. The number of hydrogen-bond acceptors (Lipinski definition) is 1. The van der Waals surface area contributed by atoms with E-state index in [0.29, 0.717) is 0 Å². The molecule has 0 unspecified atom stereocenters. The Morgan fingerprint density at radius 3 is 2.47 bits per heavy atom. The number of carbonyl (C=O) groups is 1. The first-order valence-corrected chi connectivity index (χ1v) is 4.27. The van der Waals surface area contributed by atoms with Gasteiger partial charge in [0.1, 0.15) is 0 Å². The molecular weight excluding hydrogens is 229 g/mol. The van der Waals surface area contributed by atoms with Gasteiger partial charge in [-0.2, -0.15) is 13.2 Å². The standard InChI is InChI=1S/C10H6ClF3O/c1-2-9(15)7-4-3-6(11)5-8(7)10(12,13)14/h2-5H,1H2. The first-order chi connectivity index (χ1) is 6.86. The lowest BCUT2D eigenvalue weighted by Gasteiger charge is -2.10. The minimum Gasteiger partial charge on any atom is -0.289 e. The molecule has 0 saturated heterocycles. The van der Waals surface area contributed by atoms with Crippen LogP contribution in [0.4, 0.5) is 13.2 Å². The van der Waals surface area contributed by atoms with Crippen molar-refractivity contribution < 1.29 is 18.0 Å². The van der Waals surface area contributed by atoms with Gasteiger partial charge in [-0.1, -0.05) is 18.2 Å². The highest BCUT2D eigenvalue weighted by atomic mass is 35.5. The molecular formula is C10H6ClF3O. The zero-order valence-electron chi connectivity index (χ0n) is 7.44. The first-order valence-electron chi connectivity index (χ1n) is 3.90. The Balaban J connectivity index is 3.39. The molecule has 1 aromatic carbocycles. The van der Waals surface area contributed by atoms with E-state index in [2.05, 4.69) is 6.58 Å². The predicted molar refractivity (Wildman–Crippen MR) is 51.0 cm³/mol. The average molecular weight is 235 g/mol. The molecule has 0 aliphatic rings. The molecule has 1 nitrogen and oxygen atoms in total. The van der Waals surface area contributed by atoms with Crippen LogP contribution in [0.1, 0.15) is 15.9 Å². The number of allylic oxidation sites excluding steroid dienone is 1. The second-order valence-corrected chi connectivity index (χ2v) is 3.19. The maximum atomic E-state index is 12.5. The van der Waals surface area contributed by atoms with Crippen LogP contribution in [0.15, 0.2) is 30.9 Å². The molecule has 0 aliphatic carbocycles. The van der Waals surface area contributed by atoms with Gasteiger partial charge in [-0.05, 0) is 24.3 Å². The maximum Gasteiger partial charge on any atom is 0.417 e. The van der Waals surface area contributed by atoms with Crippen LogP contribution in [0.3, 0.4) is 0 Å². The second-order valence-electron chi connectivity index (χ2n) is 2.76. The van der Waals surface area contributed by atoms with Crippen LogP contribution in [0.2, 0.25) is 5.02 Å². The molecule has 0 bridgehead atoms. The van der Waals surface area contributed by atoms with Gasteiger partial charge in [-0.15, -0.1) is 0 Å². The fourth-order valence-corrected chi connectivity index (χ4v) is 1.25. The third kappa shape index (κ3) is 2.59. The van der Waals surface area contributed by atoms with Crippen molar-refractivity contribution in [1.29, 1.82) is 0 Å². The number of alkyl halides is 3. The van der Waals surface area contributed by atoms with Gasteiger partial charge in [0.15, 0.2) is 5.78 Å². The number of hydrogen-bond donors (Lipinski definition) is 0. The van der Waals surface area contributed by atoms with Crippen LogP contribution in [0.25, 0.3) is 0 Å². The van der Waals surface area contributed by atoms with E-state index in [1.54, 1.807) is 0 Å². The van der Waals surface area contributed by atoms with Gasteiger partial charge in [-0.3, -0.25) is 4.79 Å². The summed E-state index contributed by atoms with van der Waals surface area (Å²) in [6.45, 7) is 3.13. The van der Waals surface area contributed by atoms with Crippen molar-refractivity contribution in [2.24, 2.45) is 0 Å². The molecule has 1 aromatic rings. The van der Waals surface area contributed by atoms with Crippen molar-refractivity contribution >= 4 is 17.4 Å². The summed E-state index contributed by atoms with van der Waals surface area (Å²) in [6, 6.07) is 2.99. The minimum atomic E-state index is -4.60. The molecule has 0 aromatic heterocycles. The topological polar surface area (TPSA) is 17.1 Å². The van der Waals surface area contributed by atoms with Crippen molar-refractivity contribution in [1.82, 2.24) is 0 Å². The van der Waals surface area contributed by atoms with Gasteiger partial charge in [0, 0.05) is 10.6 Å². The maximum absolute atomic E-state index is 12.5. The van der Waals surface area contributed by atoms with Crippen LogP contribution in [0, 0.1) is 0 Å². The smallest absolute Gasteiger partial charge is 0.289 e. The Morgan fingerprint density at radius 2 is 2.00 bits per heavy atom. The summed E-state index contributed by atoms with van der Waals surface area (Å²) in [7, 11) is 0. The Kier molecular flexibility index (Phi) is 3.19. The van der Waals surface area contributed by atoms with E-state index in [1.165, 1.54) is 6.07 Å². The summed E-state index contributed by atoms with van der Waals surface area (Å²) in [5.41, 5.74) is -1.48. The van der Waals surface area contributed by atoms with Crippen LogP contribution in [-0.2, 0) is 6.18 Å². The number of ketones is 1. The summed E-state index contributed by atoms with van der Waals surface area (Å²) in [5.74, 6) is -0.779. The van der Waals surface area contributed by atoms with E-state index in [0.717, 1.165) is 18.2 Å². The van der Waals surface area contributed by atoms with E-state index in [1.807, 2.05) is 0 Å². The van der Waals surface area contributed by atoms with Crippen LogP contribution in [0.5, 0.6) is 0 Å². The van der Waals surface area contributed by atoms with Gasteiger partial charge in [0.25, 0.3) is 0 Å². The fraction of sp³-hybridized carbons (Fsp3) is 0.100. The van der Waals surface area contributed by atoms with E-state index in [4.69, 9.17) is 11.6 Å². The molecule has 0 fully saturated rings. The molecule has 0 aliphatic heterocycles. The number of rotatable bonds is 2. The highest BCUT2D eigenvalue weighted by Gasteiger charge is 2.34. The Hall–Kier alpha value is -1.29. The zero-order chi connectivity index (χ0) is 11.6. The molecule has 0 amide bonds. The van der Waals surface area contributed by atoms with Crippen LogP contribution in [-0.4, -0.2) is 5.78 Å². The molecule has 0 atom stereocenters. The van der Waals surface area contributed by atoms with Gasteiger partial charge >= 0.3 is 6.18 Å². The molecule has 80 valence electrons. The van der Waals surface area contributed by atoms with Crippen molar-refractivity contribution in [2.45, 2.75) is 6.18 Å². The molecule has 0 saturated carbocycles. The van der Waals surface area contributed by atoms with Gasteiger partial charge in [0.05, 0.1) is 5.56 Å². The Morgan fingerprint density at radius 1 is 1.40 bits per heavy atom. The number of carbonyl (C=O) groups excluding carboxylic acids is 1. The molecule has 0 N–H and O–H groups in total. The van der Waals surface area contributed by atoms with Crippen LogP contribution < -0.4 is 0 Å². The lowest BCUT2D eigenvalue weighted by atomic mass is 10.0. The van der Waals surface area contributed by atoms with Crippen molar-refractivity contribution in [3.63, 3.8) is 0 Å². The SMILES string of the molecule is C=CC(=O)c1ccc(Cl)cc1C(F)(F)F. The van der Waals surface area contributed by atoms with E-state index in [-0.39, 0.29) is 5.02 Å². The van der Waals surface area contributed by atoms with E-state index < -0.39 is 23.1 Å². The largest absolute Gasteiger partial charge is 0.417 e. The molecule has 15 heavy (non-hydrogen) atoms. The van der Waals surface area contributed by atoms with Gasteiger partial charge < -0.3 is 0 Å². The molecule has 0 heterocycles. The quantitative estimate of drug-likeness (QED) is 0.563. The predicted octanol–water partition coefficient (Wildman–Crippen LogP) is 3.73. The highest BCUT2D eigenvalue weighted by Crippen LogP contribution is 2.33. The van der Waals surface area contributed by atoms with Gasteiger partial charge in [-0.25, -0.2) is 0 Å². The molecule has 0 spiro atoms.